The molecule has 1 unspecified atom stereocenters. The number of carbonyl (C=O) groups is 1. The lowest BCUT2D eigenvalue weighted by molar-refractivity contribution is -0.117. The van der Waals surface area contributed by atoms with Crippen LogP contribution < -0.4 is 11.1 Å². The summed E-state index contributed by atoms with van der Waals surface area (Å²) in [5.41, 5.74) is 8.77. The van der Waals surface area contributed by atoms with E-state index in [2.05, 4.69) is 37.4 Å². The second-order valence-corrected chi connectivity index (χ2v) is 3.93. The van der Waals surface area contributed by atoms with Crippen LogP contribution in [0.5, 0.6) is 0 Å². The van der Waals surface area contributed by atoms with Gasteiger partial charge in [0.1, 0.15) is 0 Å². The van der Waals surface area contributed by atoms with Crippen LogP contribution in [0.2, 0.25) is 0 Å². The third-order valence-electron chi connectivity index (χ3n) is 2.47. The molecule has 0 saturated heterocycles. The Morgan fingerprint density at radius 2 is 2.13 bits per heavy atom. The lowest BCUT2D eigenvalue weighted by Gasteiger charge is -2.16. The van der Waals surface area contributed by atoms with Gasteiger partial charge < -0.3 is 11.1 Å². The predicted molar refractivity (Wildman–Crippen MR) is 61.5 cm³/mol. The van der Waals surface area contributed by atoms with Gasteiger partial charge in [-0.1, -0.05) is 23.8 Å². The van der Waals surface area contributed by atoms with Crippen molar-refractivity contribution in [2.45, 2.75) is 26.8 Å². The molecule has 0 fully saturated rings. The summed E-state index contributed by atoms with van der Waals surface area (Å²) in [5.74, 6) is -0.327. The van der Waals surface area contributed by atoms with Crippen molar-refractivity contribution in [3.8, 4) is 0 Å². The zero-order valence-corrected chi connectivity index (χ0v) is 9.50. The third kappa shape index (κ3) is 3.36. The van der Waals surface area contributed by atoms with Gasteiger partial charge in [-0.15, -0.1) is 0 Å². The minimum Gasteiger partial charge on any atom is -0.369 e. The first-order chi connectivity index (χ1) is 7.00. The van der Waals surface area contributed by atoms with Crippen molar-refractivity contribution in [1.29, 1.82) is 0 Å². The summed E-state index contributed by atoms with van der Waals surface area (Å²) in [5, 5.41) is 3.08. The number of nitrogens with two attached hydrogens (primary N) is 1. The van der Waals surface area contributed by atoms with Gasteiger partial charge in [0.2, 0.25) is 5.91 Å². The summed E-state index contributed by atoms with van der Waals surface area (Å²) < 4.78 is 0. The highest BCUT2D eigenvalue weighted by Crippen LogP contribution is 2.18. The van der Waals surface area contributed by atoms with Crippen LogP contribution >= 0.6 is 0 Å². The maximum atomic E-state index is 10.6. The molecule has 0 aliphatic rings. The first-order valence-electron chi connectivity index (χ1n) is 5.09. The first-order valence-corrected chi connectivity index (χ1v) is 5.09. The highest BCUT2D eigenvalue weighted by molar-refractivity contribution is 5.75. The minimum atomic E-state index is -0.327. The molecule has 1 atom stereocenters. The summed E-state index contributed by atoms with van der Waals surface area (Å²) in [4.78, 5) is 10.6. The number of hydrogen-bond donors (Lipinski definition) is 2. The number of benzene rings is 1. The Morgan fingerprint density at radius 3 is 2.67 bits per heavy atom. The third-order valence-corrected chi connectivity index (χ3v) is 2.47. The molecule has 0 aliphatic carbocycles. The second-order valence-electron chi connectivity index (χ2n) is 3.93. The molecule has 1 amide bonds. The molecule has 15 heavy (non-hydrogen) atoms. The maximum Gasteiger partial charge on any atom is 0.231 e. The van der Waals surface area contributed by atoms with Crippen molar-refractivity contribution in [1.82, 2.24) is 5.32 Å². The molecular weight excluding hydrogens is 188 g/mol. The molecule has 3 heteroatoms. The molecule has 82 valence electrons. The van der Waals surface area contributed by atoms with Gasteiger partial charge in [0.05, 0.1) is 6.54 Å². The fourth-order valence-electron chi connectivity index (χ4n) is 1.68. The molecule has 0 radical (unpaired) electrons. The van der Waals surface area contributed by atoms with Crippen molar-refractivity contribution >= 4 is 5.91 Å². The zero-order valence-electron chi connectivity index (χ0n) is 9.50. The fraction of sp³-hybridized carbons (Fsp3) is 0.417. The van der Waals surface area contributed by atoms with E-state index in [1.807, 2.05) is 6.92 Å². The molecule has 1 rings (SSSR count). The zero-order chi connectivity index (χ0) is 11.4. The van der Waals surface area contributed by atoms with Crippen molar-refractivity contribution in [2.75, 3.05) is 6.54 Å². The highest BCUT2D eigenvalue weighted by atomic mass is 16.1. The van der Waals surface area contributed by atoms with Crippen LogP contribution in [0, 0.1) is 13.8 Å². The van der Waals surface area contributed by atoms with Gasteiger partial charge in [0.25, 0.3) is 0 Å². The first kappa shape index (κ1) is 11.7. The van der Waals surface area contributed by atoms with Gasteiger partial charge in [-0.25, -0.2) is 0 Å². The Labute approximate surface area is 90.7 Å². The SMILES string of the molecule is Cc1ccc(C(C)NCC(N)=O)c(C)c1. The van der Waals surface area contributed by atoms with E-state index in [-0.39, 0.29) is 18.5 Å². The van der Waals surface area contributed by atoms with Crippen LogP contribution in [0.15, 0.2) is 18.2 Å². The molecule has 1 aromatic carbocycles. The summed E-state index contributed by atoms with van der Waals surface area (Å²) in [6, 6.07) is 6.45. The van der Waals surface area contributed by atoms with E-state index in [0.29, 0.717) is 0 Å². The number of carbonyl (C=O) groups excluding carboxylic acids is 1. The van der Waals surface area contributed by atoms with Gasteiger partial charge in [-0.05, 0) is 31.9 Å². The molecular formula is C12H18N2O. The molecule has 0 heterocycles. The van der Waals surface area contributed by atoms with Crippen LogP contribution in [0.1, 0.15) is 29.7 Å². The maximum absolute atomic E-state index is 10.6. The van der Waals surface area contributed by atoms with Crippen molar-refractivity contribution in [3.63, 3.8) is 0 Å². The summed E-state index contributed by atoms with van der Waals surface area (Å²) >= 11 is 0. The van der Waals surface area contributed by atoms with Crippen LogP contribution in [0.4, 0.5) is 0 Å². The minimum absolute atomic E-state index is 0.151. The molecule has 0 spiro atoms. The molecule has 3 nitrogen and oxygen atoms in total. The molecule has 3 N–H and O–H groups in total. The average Bonchev–Trinajstić information content (AvgIpc) is 2.14. The number of rotatable bonds is 4. The number of primary amides is 1. The smallest absolute Gasteiger partial charge is 0.231 e. The van der Waals surface area contributed by atoms with E-state index in [0.717, 1.165) is 0 Å². The van der Waals surface area contributed by atoms with E-state index in [9.17, 15) is 4.79 Å². The van der Waals surface area contributed by atoms with Crippen molar-refractivity contribution in [2.24, 2.45) is 5.73 Å². The Balaban J connectivity index is 2.73. The van der Waals surface area contributed by atoms with E-state index in [1.165, 1.54) is 16.7 Å². The largest absolute Gasteiger partial charge is 0.369 e. The quantitative estimate of drug-likeness (QED) is 0.783. The lowest BCUT2D eigenvalue weighted by atomic mass is 10.0. The molecule has 1 aromatic rings. The topological polar surface area (TPSA) is 55.1 Å². The molecule has 0 aliphatic heterocycles. The Kier molecular flexibility index (Phi) is 3.86. The Morgan fingerprint density at radius 1 is 1.47 bits per heavy atom. The molecule has 0 bridgehead atoms. The van der Waals surface area contributed by atoms with E-state index in [1.54, 1.807) is 0 Å². The number of amides is 1. The van der Waals surface area contributed by atoms with Gasteiger partial charge >= 0.3 is 0 Å². The summed E-state index contributed by atoms with van der Waals surface area (Å²) in [6.07, 6.45) is 0. The Hall–Kier alpha value is -1.35. The molecule has 0 saturated carbocycles. The van der Waals surface area contributed by atoms with Crippen LogP contribution in [0.25, 0.3) is 0 Å². The highest BCUT2D eigenvalue weighted by Gasteiger charge is 2.08. The standard InChI is InChI=1S/C12H18N2O/c1-8-4-5-11(9(2)6-8)10(3)14-7-12(13)15/h4-6,10,14H,7H2,1-3H3,(H2,13,15). The lowest BCUT2D eigenvalue weighted by Crippen LogP contribution is -2.30. The molecule has 0 aromatic heterocycles. The van der Waals surface area contributed by atoms with E-state index < -0.39 is 0 Å². The van der Waals surface area contributed by atoms with Gasteiger partial charge in [0.15, 0.2) is 0 Å². The van der Waals surface area contributed by atoms with Crippen LogP contribution in [0.3, 0.4) is 0 Å². The van der Waals surface area contributed by atoms with Gasteiger partial charge in [0, 0.05) is 6.04 Å². The van der Waals surface area contributed by atoms with Crippen molar-refractivity contribution in [3.05, 3.63) is 34.9 Å². The van der Waals surface area contributed by atoms with Crippen LogP contribution in [-0.2, 0) is 4.79 Å². The monoisotopic (exact) mass is 206 g/mol. The van der Waals surface area contributed by atoms with Crippen LogP contribution in [-0.4, -0.2) is 12.5 Å². The summed E-state index contributed by atoms with van der Waals surface area (Å²) in [7, 11) is 0. The summed E-state index contributed by atoms with van der Waals surface area (Å²) in [6.45, 7) is 6.39. The average molecular weight is 206 g/mol. The van der Waals surface area contributed by atoms with E-state index in [4.69, 9.17) is 5.73 Å². The number of nitrogens with one attached hydrogen (secondary N) is 1. The van der Waals surface area contributed by atoms with Gasteiger partial charge in [-0.2, -0.15) is 0 Å². The second kappa shape index (κ2) is 4.94. The fourth-order valence-corrected chi connectivity index (χ4v) is 1.68. The Bertz CT molecular complexity index is 361. The van der Waals surface area contributed by atoms with Crippen molar-refractivity contribution < 1.29 is 4.79 Å². The predicted octanol–water partition coefficient (Wildman–Crippen LogP) is 1.44. The normalized spacial score (nSPS) is 12.5. The number of aryl methyl sites for hydroxylation is 2. The van der Waals surface area contributed by atoms with E-state index >= 15 is 0 Å². The van der Waals surface area contributed by atoms with Gasteiger partial charge in [-0.3, -0.25) is 4.79 Å². The number of hydrogen-bond acceptors (Lipinski definition) is 2.